The molecule has 0 radical (unpaired) electrons. The number of hydrogen-bond donors (Lipinski definition) is 1. The predicted octanol–water partition coefficient (Wildman–Crippen LogP) is 4.28. The fourth-order valence-electron chi connectivity index (χ4n) is 1.55. The third-order valence-corrected chi connectivity index (χ3v) is 3.52. The Hall–Kier alpha value is -1.07. The van der Waals surface area contributed by atoms with Crippen molar-refractivity contribution >= 4 is 45.8 Å². The summed E-state index contributed by atoms with van der Waals surface area (Å²) in [6.07, 6.45) is 0. The highest BCUT2D eigenvalue weighted by Gasteiger charge is 2.08. The second-order valence-electron chi connectivity index (χ2n) is 3.75. The molecule has 1 amide bonds. The number of anilines is 1. The summed E-state index contributed by atoms with van der Waals surface area (Å²) in [4.78, 5) is 12.0. The van der Waals surface area contributed by atoms with E-state index < -0.39 is 0 Å². The molecule has 0 atom stereocenters. The van der Waals surface area contributed by atoms with E-state index in [4.69, 9.17) is 11.6 Å². The average molecular weight is 372 g/mol. The van der Waals surface area contributed by atoms with Crippen LogP contribution in [0.2, 0.25) is 0 Å². The predicted molar refractivity (Wildman–Crippen MR) is 83.1 cm³/mol. The Morgan fingerprint density at radius 3 is 2.44 bits per heavy atom. The van der Waals surface area contributed by atoms with Gasteiger partial charge in [0.25, 0.3) is 5.91 Å². The van der Waals surface area contributed by atoms with Gasteiger partial charge in [-0.05, 0) is 58.5 Å². The molecular formula is C14H11ClINO. The number of benzene rings is 2. The maximum absolute atomic E-state index is 12.0. The number of carbonyl (C=O) groups is 1. The molecule has 0 bridgehead atoms. The molecule has 18 heavy (non-hydrogen) atoms. The van der Waals surface area contributed by atoms with Gasteiger partial charge >= 0.3 is 0 Å². The molecule has 0 saturated carbocycles. The lowest BCUT2D eigenvalue weighted by Gasteiger charge is -2.09. The van der Waals surface area contributed by atoms with Gasteiger partial charge in [0.15, 0.2) is 0 Å². The lowest BCUT2D eigenvalue weighted by molar-refractivity contribution is 0.102. The normalized spacial score (nSPS) is 10.1. The van der Waals surface area contributed by atoms with Crippen molar-refractivity contribution in [1.29, 1.82) is 0 Å². The number of nitrogens with one attached hydrogen (secondary N) is 1. The fraction of sp³-hybridized carbons (Fsp3) is 0.0714. The highest BCUT2D eigenvalue weighted by Crippen LogP contribution is 2.18. The molecule has 2 aromatic carbocycles. The van der Waals surface area contributed by atoms with Crippen LogP contribution in [-0.2, 0) is 5.88 Å². The third-order valence-electron chi connectivity index (χ3n) is 2.52. The van der Waals surface area contributed by atoms with Crippen LogP contribution < -0.4 is 5.32 Å². The number of hydrogen-bond acceptors (Lipinski definition) is 1. The first-order valence-electron chi connectivity index (χ1n) is 5.41. The van der Waals surface area contributed by atoms with Gasteiger partial charge in [-0.15, -0.1) is 11.6 Å². The Kier molecular flexibility index (Phi) is 4.60. The van der Waals surface area contributed by atoms with Crippen LogP contribution in [0.15, 0.2) is 48.5 Å². The first-order valence-corrected chi connectivity index (χ1v) is 7.03. The van der Waals surface area contributed by atoms with E-state index >= 15 is 0 Å². The summed E-state index contributed by atoms with van der Waals surface area (Å²) in [7, 11) is 0. The van der Waals surface area contributed by atoms with Crippen LogP contribution in [0.3, 0.4) is 0 Å². The first-order chi connectivity index (χ1) is 8.70. The smallest absolute Gasteiger partial charge is 0.255 e. The summed E-state index contributed by atoms with van der Waals surface area (Å²) in [5, 5.41) is 2.87. The molecule has 0 heterocycles. The number of halogens is 2. The molecule has 0 fully saturated rings. The maximum atomic E-state index is 12.0. The molecule has 4 heteroatoms. The van der Waals surface area contributed by atoms with Crippen LogP contribution in [0.5, 0.6) is 0 Å². The van der Waals surface area contributed by atoms with Crippen molar-refractivity contribution in [3.05, 3.63) is 63.2 Å². The number of alkyl halides is 1. The molecule has 0 aliphatic heterocycles. The fourth-order valence-corrected chi connectivity index (χ4v) is 2.15. The summed E-state index contributed by atoms with van der Waals surface area (Å²) < 4.78 is 1.10. The van der Waals surface area contributed by atoms with Gasteiger partial charge < -0.3 is 5.32 Å². The average Bonchev–Trinajstić information content (AvgIpc) is 2.40. The molecule has 0 aliphatic rings. The van der Waals surface area contributed by atoms with E-state index in [0.717, 1.165) is 14.8 Å². The highest BCUT2D eigenvalue weighted by molar-refractivity contribution is 14.1. The van der Waals surface area contributed by atoms with Gasteiger partial charge in [-0.2, -0.15) is 0 Å². The Morgan fingerprint density at radius 1 is 1.11 bits per heavy atom. The largest absolute Gasteiger partial charge is 0.322 e. The lowest BCUT2D eigenvalue weighted by atomic mass is 10.1. The minimum Gasteiger partial charge on any atom is -0.322 e. The zero-order valence-corrected chi connectivity index (χ0v) is 12.4. The number of carbonyl (C=O) groups excluding carboxylic acids is 1. The summed E-state index contributed by atoms with van der Waals surface area (Å²) >= 11 is 8.04. The van der Waals surface area contributed by atoms with Crippen molar-refractivity contribution in [3.8, 4) is 0 Å². The Balaban J connectivity index is 2.18. The Morgan fingerprint density at radius 2 is 1.78 bits per heavy atom. The molecule has 92 valence electrons. The van der Waals surface area contributed by atoms with Crippen molar-refractivity contribution in [2.24, 2.45) is 0 Å². The molecule has 0 aliphatic carbocycles. The quantitative estimate of drug-likeness (QED) is 0.633. The molecule has 0 saturated heterocycles. The third kappa shape index (κ3) is 3.23. The minimum absolute atomic E-state index is 0.121. The van der Waals surface area contributed by atoms with Crippen LogP contribution in [0.4, 0.5) is 5.69 Å². The van der Waals surface area contributed by atoms with Gasteiger partial charge in [-0.25, -0.2) is 0 Å². The first kappa shape index (κ1) is 13.4. The topological polar surface area (TPSA) is 29.1 Å². The van der Waals surface area contributed by atoms with Gasteiger partial charge in [0, 0.05) is 20.7 Å². The zero-order valence-electron chi connectivity index (χ0n) is 9.49. The van der Waals surface area contributed by atoms with Crippen LogP contribution in [0.1, 0.15) is 15.9 Å². The van der Waals surface area contributed by atoms with E-state index in [2.05, 4.69) is 27.9 Å². The standard InChI is InChI=1S/C14H11ClINO/c15-9-11-3-1-2-4-13(11)17-14(18)10-5-7-12(16)8-6-10/h1-8H,9H2,(H,17,18). The van der Waals surface area contributed by atoms with Gasteiger partial charge in [0.1, 0.15) is 0 Å². The minimum atomic E-state index is -0.121. The van der Waals surface area contributed by atoms with E-state index in [0.29, 0.717) is 11.4 Å². The van der Waals surface area contributed by atoms with Crippen LogP contribution in [0.25, 0.3) is 0 Å². The van der Waals surface area contributed by atoms with E-state index in [9.17, 15) is 4.79 Å². The number of para-hydroxylation sites is 1. The molecule has 2 nitrogen and oxygen atoms in total. The Labute approximate surface area is 124 Å². The van der Waals surface area contributed by atoms with Gasteiger partial charge in [0.05, 0.1) is 0 Å². The molecule has 2 rings (SSSR count). The van der Waals surface area contributed by atoms with E-state index in [1.807, 2.05) is 36.4 Å². The molecule has 0 aromatic heterocycles. The second kappa shape index (κ2) is 6.20. The number of amides is 1. The van der Waals surface area contributed by atoms with Crippen molar-refractivity contribution in [2.45, 2.75) is 5.88 Å². The van der Waals surface area contributed by atoms with E-state index in [1.165, 1.54) is 0 Å². The summed E-state index contributed by atoms with van der Waals surface area (Å²) in [5.41, 5.74) is 2.31. The van der Waals surface area contributed by atoms with Crippen molar-refractivity contribution in [3.63, 3.8) is 0 Å². The van der Waals surface area contributed by atoms with Crippen molar-refractivity contribution in [1.82, 2.24) is 0 Å². The molecular weight excluding hydrogens is 361 g/mol. The molecule has 2 aromatic rings. The Bertz CT molecular complexity index is 554. The summed E-state index contributed by atoms with van der Waals surface area (Å²) in [6, 6.07) is 14.9. The monoisotopic (exact) mass is 371 g/mol. The summed E-state index contributed by atoms with van der Waals surface area (Å²) in [5.74, 6) is 0.257. The lowest BCUT2D eigenvalue weighted by Crippen LogP contribution is -2.12. The molecule has 0 unspecified atom stereocenters. The molecule has 0 spiro atoms. The SMILES string of the molecule is O=C(Nc1ccccc1CCl)c1ccc(I)cc1. The van der Waals surface area contributed by atoms with Crippen LogP contribution >= 0.6 is 34.2 Å². The van der Waals surface area contributed by atoms with E-state index in [-0.39, 0.29) is 5.91 Å². The second-order valence-corrected chi connectivity index (χ2v) is 5.26. The van der Waals surface area contributed by atoms with E-state index in [1.54, 1.807) is 12.1 Å². The number of rotatable bonds is 3. The maximum Gasteiger partial charge on any atom is 0.255 e. The highest BCUT2D eigenvalue weighted by atomic mass is 127. The zero-order chi connectivity index (χ0) is 13.0. The van der Waals surface area contributed by atoms with Gasteiger partial charge in [0.2, 0.25) is 0 Å². The van der Waals surface area contributed by atoms with Crippen LogP contribution in [-0.4, -0.2) is 5.91 Å². The molecule has 1 N–H and O–H groups in total. The van der Waals surface area contributed by atoms with Crippen molar-refractivity contribution in [2.75, 3.05) is 5.32 Å². The van der Waals surface area contributed by atoms with Crippen LogP contribution in [0, 0.1) is 3.57 Å². The van der Waals surface area contributed by atoms with Crippen molar-refractivity contribution < 1.29 is 4.79 Å². The summed E-state index contributed by atoms with van der Waals surface area (Å²) in [6.45, 7) is 0. The van der Waals surface area contributed by atoms with Gasteiger partial charge in [-0.1, -0.05) is 18.2 Å². The van der Waals surface area contributed by atoms with Gasteiger partial charge in [-0.3, -0.25) is 4.79 Å².